The van der Waals surface area contributed by atoms with Gasteiger partial charge in [0.15, 0.2) is 0 Å². The van der Waals surface area contributed by atoms with Crippen LogP contribution in [0.1, 0.15) is 21.9 Å². The van der Waals surface area contributed by atoms with Crippen molar-refractivity contribution >= 4 is 23.3 Å². The molecule has 1 aliphatic rings. The molecule has 1 aromatic heterocycles. The smallest absolute Gasteiger partial charge is 0.228 e. The fourth-order valence-corrected chi connectivity index (χ4v) is 4.69. The molecule has 1 unspecified atom stereocenters. The number of benzene rings is 2. The highest BCUT2D eigenvalue weighted by Gasteiger charge is 2.36. The number of rotatable bonds is 5. The molecule has 0 fully saturated rings. The lowest BCUT2D eigenvalue weighted by Gasteiger charge is -2.30. The predicted molar refractivity (Wildman–Crippen MR) is 118 cm³/mol. The van der Waals surface area contributed by atoms with E-state index in [0.717, 1.165) is 16.2 Å². The Balaban J connectivity index is 1.94. The van der Waals surface area contributed by atoms with Gasteiger partial charge in [0.05, 0.1) is 43.4 Å². The highest BCUT2D eigenvalue weighted by Crippen LogP contribution is 2.57. The molecule has 0 radical (unpaired) electrons. The van der Waals surface area contributed by atoms with E-state index >= 15 is 0 Å². The standard InChI is InChI=1S/C22H20N4O4S/c1-27-11-4-6-13(7-5-11)31-20-17-15(29-3)8-12(28-2)9-16(17)30-22-18(20)19(24)14(10-23)21(25)26-22/h4-9,20H,1-3H3,(H4,24,25,26). The van der Waals surface area contributed by atoms with Crippen LogP contribution in [0.5, 0.6) is 28.9 Å². The first-order valence-corrected chi connectivity index (χ1v) is 10.1. The number of hydrogen-bond acceptors (Lipinski definition) is 9. The molecule has 0 bridgehead atoms. The number of aromatic nitrogens is 1. The van der Waals surface area contributed by atoms with Crippen LogP contribution in [0.15, 0.2) is 41.3 Å². The van der Waals surface area contributed by atoms with Crippen molar-refractivity contribution in [1.82, 2.24) is 4.98 Å². The second-order valence-corrected chi connectivity index (χ2v) is 7.81. The van der Waals surface area contributed by atoms with Gasteiger partial charge in [0.2, 0.25) is 5.88 Å². The molecular formula is C22H20N4O4S. The number of anilines is 2. The molecule has 1 atom stereocenters. The average molecular weight is 436 g/mol. The fourth-order valence-electron chi connectivity index (χ4n) is 3.43. The number of ether oxygens (including phenoxy) is 4. The van der Waals surface area contributed by atoms with Gasteiger partial charge >= 0.3 is 0 Å². The summed E-state index contributed by atoms with van der Waals surface area (Å²) in [6.45, 7) is 0. The third kappa shape index (κ3) is 3.51. The van der Waals surface area contributed by atoms with Crippen LogP contribution in [0.3, 0.4) is 0 Å². The molecule has 2 heterocycles. The minimum atomic E-state index is -0.367. The molecule has 0 saturated carbocycles. The van der Waals surface area contributed by atoms with Crippen LogP contribution in [0.25, 0.3) is 0 Å². The van der Waals surface area contributed by atoms with Gasteiger partial charge in [0, 0.05) is 17.0 Å². The Hall–Kier alpha value is -3.77. The second kappa shape index (κ2) is 8.16. The quantitative estimate of drug-likeness (QED) is 0.607. The molecule has 158 valence electrons. The van der Waals surface area contributed by atoms with Crippen LogP contribution in [0.4, 0.5) is 11.5 Å². The van der Waals surface area contributed by atoms with E-state index in [0.29, 0.717) is 22.8 Å². The van der Waals surface area contributed by atoms with Crippen LogP contribution in [0, 0.1) is 11.3 Å². The first-order valence-electron chi connectivity index (χ1n) is 9.24. The third-order valence-electron chi connectivity index (χ3n) is 4.96. The van der Waals surface area contributed by atoms with Crippen molar-refractivity contribution in [2.75, 3.05) is 32.8 Å². The first-order chi connectivity index (χ1) is 15.0. The summed E-state index contributed by atoms with van der Waals surface area (Å²) in [4.78, 5) is 5.27. The molecule has 4 rings (SSSR count). The van der Waals surface area contributed by atoms with Crippen molar-refractivity contribution in [3.8, 4) is 34.9 Å². The maximum absolute atomic E-state index is 9.55. The summed E-state index contributed by atoms with van der Waals surface area (Å²) in [6, 6.07) is 13.2. The molecule has 0 saturated heterocycles. The highest BCUT2D eigenvalue weighted by atomic mass is 32.2. The van der Waals surface area contributed by atoms with Gasteiger partial charge in [-0.05, 0) is 24.3 Å². The Morgan fingerprint density at radius 2 is 1.71 bits per heavy atom. The van der Waals surface area contributed by atoms with Gasteiger partial charge in [-0.3, -0.25) is 0 Å². The monoisotopic (exact) mass is 436 g/mol. The Labute approximate surface area is 183 Å². The van der Waals surface area contributed by atoms with Crippen LogP contribution in [-0.2, 0) is 0 Å². The van der Waals surface area contributed by atoms with Crippen molar-refractivity contribution < 1.29 is 18.9 Å². The lowest BCUT2D eigenvalue weighted by molar-refractivity contribution is 0.375. The number of fused-ring (bicyclic) bond motifs is 2. The first kappa shape index (κ1) is 20.5. The van der Waals surface area contributed by atoms with Gasteiger partial charge in [-0.1, -0.05) is 0 Å². The van der Waals surface area contributed by atoms with Crippen molar-refractivity contribution in [1.29, 1.82) is 5.26 Å². The lowest BCUT2D eigenvalue weighted by Crippen LogP contribution is -2.15. The van der Waals surface area contributed by atoms with E-state index in [2.05, 4.69) is 4.98 Å². The topological polar surface area (TPSA) is 126 Å². The highest BCUT2D eigenvalue weighted by molar-refractivity contribution is 7.99. The third-order valence-corrected chi connectivity index (χ3v) is 6.21. The molecule has 0 aliphatic carbocycles. The predicted octanol–water partition coefficient (Wildman–Crippen LogP) is 4.13. The van der Waals surface area contributed by atoms with Crippen molar-refractivity contribution in [2.24, 2.45) is 0 Å². The fraction of sp³-hybridized carbons (Fsp3) is 0.182. The zero-order chi connectivity index (χ0) is 22.1. The van der Waals surface area contributed by atoms with Crippen LogP contribution >= 0.6 is 11.8 Å². The second-order valence-electron chi connectivity index (χ2n) is 6.63. The SMILES string of the molecule is COc1ccc(SC2c3c(OC)cc(OC)cc3Oc3nc(N)c(C#N)c(N)c32)cc1. The molecule has 8 nitrogen and oxygen atoms in total. The molecule has 2 aromatic carbocycles. The maximum Gasteiger partial charge on any atom is 0.228 e. The average Bonchev–Trinajstić information content (AvgIpc) is 2.78. The van der Waals surface area contributed by atoms with E-state index in [-0.39, 0.29) is 28.2 Å². The molecule has 0 spiro atoms. The normalized spacial score (nSPS) is 13.9. The zero-order valence-electron chi connectivity index (χ0n) is 17.1. The van der Waals surface area contributed by atoms with E-state index in [9.17, 15) is 5.26 Å². The Morgan fingerprint density at radius 3 is 2.32 bits per heavy atom. The van der Waals surface area contributed by atoms with Gasteiger partial charge in [-0.2, -0.15) is 10.2 Å². The van der Waals surface area contributed by atoms with Crippen molar-refractivity contribution in [2.45, 2.75) is 10.1 Å². The van der Waals surface area contributed by atoms with Gasteiger partial charge in [0.25, 0.3) is 0 Å². The number of methoxy groups -OCH3 is 3. The minimum absolute atomic E-state index is 0.0188. The summed E-state index contributed by atoms with van der Waals surface area (Å²) in [5.74, 6) is 2.68. The number of nitrogens with two attached hydrogens (primary N) is 2. The summed E-state index contributed by atoms with van der Waals surface area (Å²) in [5, 5.41) is 9.18. The van der Waals surface area contributed by atoms with E-state index in [1.807, 2.05) is 30.3 Å². The molecule has 9 heteroatoms. The summed E-state index contributed by atoms with van der Waals surface area (Å²) in [6.07, 6.45) is 0. The summed E-state index contributed by atoms with van der Waals surface area (Å²) in [5.41, 5.74) is 14.0. The van der Waals surface area contributed by atoms with Crippen molar-refractivity contribution in [3.05, 3.63) is 53.1 Å². The van der Waals surface area contributed by atoms with Gasteiger partial charge in [-0.15, -0.1) is 11.8 Å². The molecule has 0 amide bonds. The van der Waals surface area contributed by atoms with E-state index in [4.69, 9.17) is 30.4 Å². The number of hydrogen-bond donors (Lipinski definition) is 2. The zero-order valence-corrected chi connectivity index (χ0v) is 17.9. The van der Waals surface area contributed by atoms with Crippen molar-refractivity contribution in [3.63, 3.8) is 0 Å². The summed E-state index contributed by atoms with van der Waals surface area (Å²) >= 11 is 1.52. The molecule has 31 heavy (non-hydrogen) atoms. The Bertz CT molecular complexity index is 1190. The van der Waals surface area contributed by atoms with Gasteiger partial charge in [-0.25, -0.2) is 0 Å². The lowest BCUT2D eigenvalue weighted by atomic mass is 9.97. The molecule has 1 aliphatic heterocycles. The number of nitrogen functional groups attached to an aromatic ring is 2. The van der Waals surface area contributed by atoms with Crippen LogP contribution in [0.2, 0.25) is 0 Å². The number of pyridine rings is 1. The number of thioether (sulfide) groups is 1. The molecular weight excluding hydrogens is 416 g/mol. The van der Waals surface area contributed by atoms with E-state index in [1.54, 1.807) is 33.5 Å². The van der Waals surface area contributed by atoms with Crippen LogP contribution in [-0.4, -0.2) is 26.3 Å². The minimum Gasteiger partial charge on any atom is -0.497 e. The Morgan fingerprint density at radius 1 is 1.00 bits per heavy atom. The van der Waals surface area contributed by atoms with Crippen LogP contribution < -0.4 is 30.4 Å². The molecule has 3 aromatic rings. The van der Waals surface area contributed by atoms with E-state index < -0.39 is 0 Å². The van der Waals surface area contributed by atoms with Gasteiger partial charge < -0.3 is 30.4 Å². The number of nitrogens with zero attached hydrogens (tertiary/aromatic N) is 2. The largest absolute Gasteiger partial charge is 0.497 e. The summed E-state index contributed by atoms with van der Waals surface area (Å²) in [7, 11) is 4.76. The Kier molecular flexibility index (Phi) is 5.40. The van der Waals surface area contributed by atoms with Gasteiger partial charge in [0.1, 0.15) is 40.4 Å². The maximum atomic E-state index is 9.55. The van der Waals surface area contributed by atoms with E-state index in [1.165, 1.54) is 11.8 Å². The summed E-state index contributed by atoms with van der Waals surface area (Å²) < 4.78 is 22.3. The molecule has 4 N–H and O–H groups in total. The number of nitriles is 1.